The van der Waals surface area contributed by atoms with E-state index in [9.17, 15) is 4.79 Å². The number of anilines is 2. The summed E-state index contributed by atoms with van der Waals surface area (Å²) in [5, 5.41) is 4.93. The fraction of sp³-hybridized carbons (Fsp3) is 0.368. The molecule has 2 heterocycles. The molecule has 1 aliphatic heterocycles. The molecule has 1 fully saturated rings. The first-order valence-corrected chi connectivity index (χ1v) is 10.4. The smallest absolute Gasteiger partial charge is 0.234 e. The van der Waals surface area contributed by atoms with Crippen LogP contribution >= 0.6 is 23.1 Å². The van der Waals surface area contributed by atoms with E-state index in [2.05, 4.69) is 38.2 Å². The summed E-state index contributed by atoms with van der Waals surface area (Å²) in [6.07, 6.45) is 5.37. The molecule has 0 atom stereocenters. The molecule has 0 unspecified atom stereocenters. The zero-order valence-electron chi connectivity index (χ0n) is 14.8. The van der Waals surface area contributed by atoms with E-state index in [1.54, 1.807) is 11.3 Å². The average Bonchev–Trinajstić information content (AvgIpc) is 3.07. The number of benzene rings is 1. The number of hydrogen-bond donors (Lipinski definition) is 1. The third-order valence-corrected chi connectivity index (χ3v) is 6.27. The van der Waals surface area contributed by atoms with Gasteiger partial charge in [0.05, 0.1) is 12.3 Å². The van der Waals surface area contributed by atoms with Crippen LogP contribution in [0.5, 0.6) is 0 Å². The SMILES string of the molecule is C#CCN1CCN(c2ccc(NC(=O)CSc3nc(C)cs3)cc2)CC1. The van der Waals surface area contributed by atoms with Gasteiger partial charge in [0.15, 0.2) is 4.34 Å². The predicted molar refractivity (Wildman–Crippen MR) is 110 cm³/mol. The maximum Gasteiger partial charge on any atom is 0.234 e. The number of aromatic nitrogens is 1. The first-order chi connectivity index (χ1) is 12.6. The van der Waals surface area contributed by atoms with Gasteiger partial charge in [-0.15, -0.1) is 17.8 Å². The summed E-state index contributed by atoms with van der Waals surface area (Å²) in [7, 11) is 0. The Bertz CT molecular complexity index is 774. The highest BCUT2D eigenvalue weighted by Crippen LogP contribution is 2.23. The summed E-state index contributed by atoms with van der Waals surface area (Å²) in [5.41, 5.74) is 2.99. The summed E-state index contributed by atoms with van der Waals surface area (Å²) in [6, 6.07) is 8.03. The lowest BCUT2D eigenvalue weighted by molar-refractivity contribution is -0.113. The number of aryl methyl sites for hydroxylation is 1. The van der Waals surface area contributed by atoms with Crippen molar-refractivity contribution in [2.45, 2.75) is 11.3 Å². The van der Waals surface area contributed by atoms with Crippen LogP contribution in [0, 0.1) is 19.3 Å². The molecule has 1 aromatic heterocycles. The van der Waals surface area contributed by atoms with Gasteiger partial charge < -0.3 is 10.2 Å². The number of carbonyl (C=O) groups excluding carboxylic acids is 1. The zero-order chi connectivity index (χ0) is 18.4. The molecule has 7 heteroatoms. The number of thiazole rings is 1. The van der Waals surface area contributed by atoms with E-state index in [0.29, 0.717) is 5.75 Å². The van der Waals surface area contributed by atoms with Crippen molar-refractivity contribution < 1.29 is 4.79 Å². The molecular formula is C19H22N4OS2. The van der Waals surface area contributed by atoms with E-state index >= 15 is 0 Å². The number of amides is 1. The van der Waals surface area contributed by atoms with Crippen LogP contribution in [0.15, 0.2) is 34.0 Å². The number of piperazine rings is 1. The summed E-state index contributed by atoms with van der Waals surface area (Å²) < 4.78 is 0.928. The molecule has 1 aromatic carbocycles. The van der Waals surface area contributed by atoms with E-state index in [1.807, 2.05) is 24.4 Å². The average molecular weight is 387 g/mol. The number of carbonyl (C=O) groups is 1. The summed E-state index contributed by atoms with van der Waals surface area (Å²) in [6.45, 7) is 6.58. The lowest BCUT2D eigenvalue weighted by Gasteiger charge is -2.35. The van der Waals surface area contributed by atoms with Crippen molar-refractivity contribution in [3.63, 3.8) is 0 Å². The first kappa shape index (κ1) is 18.8. The van der Waals surface area contributed by atoms with Gasteiger partial charge in [-0.25, -0.2) is 4.98 Å². The Morgan fingerprint density at radius 3 is 2.65 bits per heavy atom. The molecule has 0 spiro atoms. The number of thioether (sulfide) groups is 1. The van der Waals surface area contributed by atoms with Crippen LogP contribution in [0.2, 0.25) is 0 Å². The summed E-state index contributed by atoms with van der Waals surface area (Å²) in [4.78, 5) is 21.1. The molecule has 1 N–H and O–H groups in total. The molecule has 2 aromatic rings. The van der Waals surface area contributed by atoms with Crippen LogP contribution in [-0.2, 0) is 4.79 Å². The van der Waals surface area contributed by atoms with Gasteiger partial charge in [-0.05, 0) is 31.2 Å². The van der Waals surface area contributed by atoms with Crippen molar-refractivity contribution in [3.8, 4) is 12.3 Å². The van der Waals surface area contributed by atoms with Gasteiger partial charge in [0, 0.05) is 48.6 Å². The molecule has 1 saturated heterocycles. The van der Waals surface area contributed by atoms with Gasteiger partial charge in [0.2, 0.25) is 5.91 Å². The Kier molecular flexibility index (Phi) is 6.56. The lowest BCUT2D eigenvalue weighted by Crippen LogP contribution is -2.46. The standard InChI is InChI=1S/C19H22N4OS2/c1-3-8-22-9-11-23(12-10-22)17-6-4-16(5-7-17)21-18(24)14-26-19-20-15(2)13-25-19/h1,4-7,13H,8-12,14H2,2H3,(H,21,24). The Morgan fingerprint density at radius 2 is 2.04 bits per heavy atom. The second kappa shape index (κ2) is 9.08. The molecule has 0 bridgehead atoms. The van der Waals surface area contributed by atoms with Crippen LogP contribution in [0.25, 0.3) is 0 Å². The number of terminal acetylenes is 1. The fourth-order valence-electron chi connectivity index (χ4n) is 2.77. The van der Waals surface area contributed by atoms with E-state index in [4.69, 9.17) is 6.42 Å². The third-order valence-electron chi connectivity index (χ3n) is 4.13. The fourth-order valence-corrected chi connectivity index (χ4v) is 4.42. The van der Waals surface area contributed by atoms with Crippen LogP contribution < -0.4 is 10.2 Å². The molecule has 3 rings (SSSR count). The topological polar surface area (TPSA) is 48.5 Å². The molecule has 5 nitrogen and oxygen atoms in total. The van der Waals surface area contributed by atoms with Gasteiger partial charge >= 0.3 is 0 Å². The minimum absolute atomic E-state index is 0.0153. The molecule has 0 saturated carbocycles. The van der Waals surface area contributed by atoms with Crippen molar-refractivity contribution in [1.82, 2.24) is 9.88 Å². The molecule has 1 aliphatic rings. The Labute approximate surface area is 162 Å². The normalized spacial score (nSPS) is 14.8. The molecular weight excluding hydrogens is 364 g/mol. The van der Waals surface area contributed by atoms with Crippen molar-refractivity contribution in [3.05, 3.63) is 35.3 Å². The summed E-state index contributed by atoms with van der Waals surface area (Å²) in [5.74, 6) is 3.05. The van der Waals surface area contributed by atoms with Crippen molar-refractivity contribution in [2.24, 2.45) is 0 Å². The molecule has 26 heavy (non-hydrogen) atoms. The monoisotopic (exact) mass is 386 g/mol. The second-order valence-corrected chi connectivity index (χ2v) is 8.19. The number of rotatable bonds is 6. The predicted octanol–water partition coefficient (Wildman–Crippen LogP) is 2.94. The minimum Gasteiger partial charge on any atom is -0.369 e. The number of nitrogens with one attached hydrogen (secondary N) is 1. The van der Waals surface area contributed by atoms with Gasteiger partial charge in [-0.1, -0.05) is 17.7 Å². The maximum atomic E-state index is 12.1. The molecule has 0 aliphatic carbocycles. The molecule has 0 radical (unpaired) electrons. The first-order valence-electron chi connectivity index (χ1n) is 8.49. The lowest BCUT2D eigenvalue weighted by atomic mass is 10.2. The van der Waals surface area contributed by atoms with E-state index in [1.165, 1.54) is 17.4 Å². The number of hydrogen-bond acceptors (Lipinski definition) is 6. The number of nitrogens with zero attached hydrogens (tertiary/aromatic N) is 3. The van der Waals surface area contributed by atoms with Gasteiger partial charge in [0.25, 0.3) is 0 Å². The Balaban J connectivity index is 1.47. The Hall–Kier alpha value is -2.01. The largest absolute Gasteiger partial charge is 0.369 e. The van der Waals surface area contributed by atoms with E-state index in [-0.39, 0.29) is 5.91 Å². The van der Waals surface area contributed by atoms with Crippen LogP contribution in [0.1, 0.15) is 5.69 Å². The quantitative estimate of drug-likeness (QED) is 0.611. The van der Waals surface area contributed by atoms with Gasteiger partial charge in [-0.3, -0.25) is 9.69 Å². The van der Waals surface area contributed by atoms with Crippen LogP contribution in [0.3, 0.4) is 0 Å². The molecule has 1 amide bonds. The van der Waals surface area contributed by atoms with Crippen LogP contribution in [-0.4, -0.2) is 54.3 Å². The summed E-state index contributed by atoms with van der Waals surface area (Å²) >= 11 is 3.04. The highest BCUT2D eigenvalue weighted by Gasteiger charge is 2.16. The second-order valence-electron chi connectivity index (χ2n) is 6.11. The van der Waals surface area contributed by atoms with Gasteiger partial charge in [-0.2, -0.15) is 0 Å². The minimum atomic E-state index is -0.0153. The maximum absolute atomic E-state index is 12.1. The van der Waals surface area contributed by atoms with Crippen molar-refractivity contribution >= 4 is 40.4 Å². The van der Waals surface area contributed by atoms with E-state index in [0.717, 1.165) is 48.4 Å². The highest BCUT2D eigenvalue weighted by atomic mass is 32.2. The highest BCUT2D eigenvalue weighted by molar-refractivity contribution is 8.01. The molecule has 136 valence electrons. The van der Waals surface area contributed by atoms with Gasteiger partial charge in [0.1, 0.15) is 0 Å². The van der Waals surface area contributed by atoms with Crippen LogP contribution in [0.4, 0.5) is 11.4 Å². The zero-order valence-corrected chi connectivity index (χ0v) is 16.4. The van der Waals surface area contributed by atoms with E-state index < -0.39 is 0 Å². The van der Waals surface area contributed by atoms with Crippen molar-refractivity contribution in [2.75, 3.05) is 48.7 Å². The Morgan fingerprint density at radius 1 is 1.31 bits per heavy atom. The van der Waals surface area contributed by atoms with Crippen molar-refractivity contribution in [1.29, 1.82) is 0 Å². The third kappa shape index (κ3) is 5.24.